The summed E-state index contributed by atoms with van der Waals surface area (Å²) in [5, 5.41) is 11.6. The van der Waals surface area contributed by atoms with Crippen LogP contribution in [0.2, 0.25) is 0 Å². The first-order valence-electron chi connectivity index (χ1n) is 9.68. The molecule has 1 atom stereocenters. The van der Waals surface area contributed by atoms with Gasteiger partial charge in [0.25, 0.3) is 0 Å². The number of nitrogens with zero attached hydrogens (tertiary/aromatic N) is 3. The number of carbonyl (C=O) groups is 1. The Labute approximate surface area is 186 Å². The fourth-order valence-electron chi connectivity index (χ4n) is 2.96. The van der Waals surface area contributed by atoms with Gasteiger partial charge in [-0.3, -0.25) is 4.79 Å². The van der Waals surface area contributed by atoms with Crippen LogP contribution < -0.4 is 5.32 Å². The number of thioether (sulfide) groups is 1. The van der Waals surface area contributed by atoms with E-state index in [1.165, 1.54) is 11.8 Å². The van der Waals surface area contributed by atoms with Crippen molar-refractivity contribution in [3.05, 3.63) is 84.7 Å². The van der Waals surface area contributed by atoms with Crippen LogP contribution in [0.5, 0.6) is 0 Å². The van der Waals surface area contributed by atoms with Gasteiger partial charge in [0.15, 0.2) is 15.0 Å². The van der Waals surface area contributed by atoms with E-state index in [0.29, 0.717) is 17.5 Å². The number of nitrogens with one attached hydrogen (secondary N) is 1. The van der Waals surface area contributed by atoms with Gasteiger partial charge in [-0.2, -0.15) is 0 Å². The number of aromatic nitrogens is 3. The first kappa shape index (κ1) is 22.8. The van der Waals surface area contributed by atoms with E-state index in [0.717, 1.165) is 5.56 Å². The lowest BCUT2D eigenvalue weighted by Crippen LogP contribution is -2.28. The predicted molar refractivity (Wildman–Crippen MR) is 121 cm³/mol. The summed E-state index contributed by atoms with van der Waals surface area (Å²) in [6.07, 6.45) is 1.64. The van der Waals surface area contributed by atoms with Crippen molar-refractivity contribution >= 4 is 27.5 Å². The summed E-state index contributed by atoms with van der Waals surface area (Å²) in [6.45, 7) is 5.99. The zero-order chi connectivity index (χ0) is 22.3. The molecule has 2 aromatic carbocycles. The van der Waals surface area contributed by atoms with Crippen LogP contribution in [0.3, 0.4) is 0 Å². The van der Waals surface area contributed by atoms with Gasteiger partial charge in [-0.15, -0.1) is 16.8 Å². The Hall–Kier alpha value is -2.91. The van der Waals surface area contributed by atoms with Crippen molar-refractivity contribution in [2.75, 3.05) is 5.75 Å². The largest absolute Gasteiger partial charge is 0.349 e. The Balaban J connectivity index is 1.67. The minimum atomic E-state index is -3.56. The average molecular weight is 457 g/mol. The number of sulfone groups is 1. The first-order valence-corrected chi connectivity index (χ1v) is 12.3. The Morgan fingerprint density at radius 3 is 2.42 bits per heavy atom. The Morgan fingerprint density at radius 2 is 1.77 bits per heavy atom. The summed E-state index contributed by atoms with van der Waals surface area (Å²) in [4.78, 5) is 12.6. The summed E-state index contributed by atoms with van der Waals surface area (Å²) < 4.78 is 27.1. The smallest absolute Gasteiger partial charge is 0.230 e. The molecule has 1 amide bonds. The van der Waals surface area contributed by atoms with Crippen LogP contribution in [-0.2, 0) is 26.9 Å². The molecule has 0 aliphatic heterocycles. The average Bonchev–Trinajstić information content (AvgIpc) is 3.14. The molecule has 9 heteroatoms. The fraction of sp³-hybridized carbons (Fsp3) is 0.227. The van der Waals surface area contributed by atoms with Crippen molar-refractivity contribution in [1.82, 2.24) is 20.1 Å². The van der Waals surface area contributed by atoms with Crippen molar-refractivity contribution in [2.45, 2.75) is 35.3 Å². The number of rotatable bonds is 10. The summed E-state index contributed by atoms with van der Waals surface area (Å²) in [5.74, 6) is 0.0188. The molecule has 1 N–H and O–H groups in total. The van der Waals surface area contributed by atoms with Crippen LogP contribution in [0.4, 0.5) is 0 Å². The van der Waals surface area contributed by atoms with E-state index in [4.69, 9.17) is 0 Å². The van der Waals surface area contributed by atoms with Crippen LogP contribution in [0.15, 0.2) is 83.4 Å². The van der Waals surface area contributed by atoms with Crippen LogP contribution >= 0.6 is 11.8 Å². The second kappa shape index (κ2) is 10.4. The normalized spacial score (nSPS) is 12.3. The molecule has 0 spiro atoms. The van der Waals surface area contributed by atoms with Crippen LogP contribution in [-0.4, -0.2) is 34.8 Å². The van der Waals surface area contributed by atoms with E-state index < -0.39 is 9.84 Å². The molecule has 1 heterocycles. The Morgan fingerprint density at radius 1 is 1.13 bits per heavy atom. The molecule has 3 rings (SSSR count). The van der Waals surface area contributed by atoms with E-state index in [9.17, 15) is 13.2 Å². The van der Waals surface area contributed by atoms with Gasteiger partial charge in [0.1, 0.15) is 11.6 Å². The maximum Gasteiger partial charge on any atom is 0.230 e. The molecule has 1 aromatic heterocycles. The molecule has 1 unspecified atom stereocenters. The van der Waals surface area contributed by atoms with E-state index in [-0.39, 0.29) is 28.4 Å². The number of carbonyl (C=O) groups excluding carboxylic acids is 1. The van der Waals surface area contributed by atoms with Crippen LogP contribution in [0, 0.1) is 0 Å². The van der Waals surface area contributed by atoms with Gasteiger partial charge in [0.2, 0.25) is 5.91 Å². The molecule has 0 saturated carbocycles. The number of benzene rings is 2. The quantitative estimate of drug-likeness (QED) is 0.371. The third kappa shape index (κ3) is 6.05. The Kier molecular flexibility index (Phi) is 7.64. The summed E-state index contributed by atoms with van der Waals surface area (Å²) in [7, 11) is -3.56. The predicted octanol–water partition coefficient (Wildman–Crippen LogP) is 3.41. The third-order valence-electron chi connectivity index (χ3n) is 4.54. The number of hydrogen-bond acceptors (Lipinski definition) is 6. The van der Waals surface area contributed by atoms with E-state index in [2.05, 4.69) is 22.1 Å². The lowest BCUT2D eigenvalue weighted by molar-refractivity contribution is -0.119. The van der Waals surface area contributed by atoms with Crippen molar-refractivity contribution in [3.63, 3.8) is 0 Å². The molecular weight excluding hydrogens is 432 g/mol. The molecule has 7 nitrogen and oxygen atoms in total. The highest BCUT2D eigenvalue weighted by molar-refractivity contribution is 7.99. The lowest BCUT2D eigenvalue weighted by Gasteiger charge is -2.14. The van der Waals surface area contributed by atoms with Crippen LogP contribution in [0.25, 0.3) is 0 Å². The van der Waals surface area contributed by atoms with Gasteiger partial charge in [0.05, 0.1) is 16.7 Å². The molecule has 3 aromatic rings. The molecule has 0 aliphatic carbocycles. The van der Waals surface area contributed by atoms with Gasteiger partial charge < -0.3 is 9.88 Å². The summed E-state index contributed by atoms with van der Waals surface area (Å²) in [5.41, 5.74) is 1.02. The maximum atomic E-state index is 12.7. The van der Waals surface area contributed by atoms with E-state index in [1.807, 2.05) is 37.3 Å². The Bertz CT molecular complexity index is 1130. The summed E-state index contributed by atoms with van der Waals surface area (Å²) in [6, 6.07) is 17.8. The standard InChI is InChI=1S/C22H24N4O3S2/c1-3-14-26-20(16-31(28,29)19-12-8-5-9-13-19)24-25-22(26)30-15-21(27)23-17(2)18-10-6-4-7-11-18/h3-13,17H,1,14-16H2,2H3,(H,23,27). The number of amides is 1. The second-order valence-corrected chi connectivity index (χ2v) is 9.79. The van der Waals surface area contributed by atoms with E-state index >= 15 is 0 Å². The van der Waals surface area contributed by atoms with Gasteiger partial charge in [-0.1, -0.05) is 66.4 Å². The fourth-order valence-corrected chi connectivity index (χ4v) is 5.03. The maximum absolute atomic E-state index is 12.7. The summed E-state index contributed by atoms with van der Waals surface area (Å²) >= 11 is 1.21. The van der Waals surface area contributed by atoms with Crippen molar-refractivity contribution in [1.29, 1.82) is 0 Å². The molecule has 31 heavy (non-hydrogen) atoms. The number of allylic oxidation sites excluding steroid dienone is 1. The molecular formula is C22H24N4O3S2. The monoisotopic (exact) mass is 456 g/mol. The van der Waals surface area contributed by atoms with Crippen molar-refractivity contribution in [2.24, 2.45) is 0 Å². The van der Waals surface area contributed by atoms with Gasteiger partial charge in [0, 0.05) is 6.54 Å². The zero-order valence-electron chi connectivity index (χ0n) is 17.1. The highest BCUT2D eigenvalue weighted by atomic mass is 32.2. The van der Waals surface area contributed by atoms with Crippen molar-refractivity contribution in [3.8, 4) is 0 Å². The molecule has 0 fully saturated rings. The minimum Gasteiger partial charge on any atom is -0.349 e. The SMILES string of the molecule is C=CCn1c(CS(=O)(=O)c2ccccc2)nnc1SCC(=O)NC(C)c1ccccc1. The van der Waals surface area contributed by atoms with Crippen LogP contribution in [0.1, 0.15) is 24.4 Å². The highest BCUT2D eigenvalue weighted by Gasteiger charge is 2.21. The number of hydrogen-bond donors (Lipinski definition) is 1. The van der Waals surface area contributed by atoms with Gasteiger partial charge >= 0.3 is 0 Å². The highest BCUT2D eigenvalue weighted by Crippen LogP contribution is 2.21. The molecule has 0 bridgehead atoms. The van der Waals surface area contributed by atoms with E-state index in [1.54, 1.807) is 41.0 Å². The molecule has 0 saturated heterocycles. The molecule has 0 aliphatic rings. The minimum absolute atomic E-state index is 0.119. The topological polar surface area (TPSA) is 93.9 Å². The second-order valence-electron chi connectivity index (χ2n) is 6.86. The first-order chi connectivity index (χ1) is 14.9. The van der Waals surface area contributed by atoms with Gasteiger partial charge in [-0.05, 0) is 24.6 Å². The third-order valence-corrected chi connectivity index (χ3v) is 7.13. The molecule has 162 valence electrons. The lowest BCUT2D eigenvalue weighted by atomic mass is 10.1. The van der Waals surface area contributed by atoms with Gasteiger partial charge in [-0.25, -0.2) is 8.42 Å². The molecule has 0 radical (unpaired) electrons. The van der Waals surface area contributed by atoms with Crippen molar-refractivity contribution < 1.29 is 13.2 Å². The zero-order valence-corrected chi connectivity index (χ0v) is 18.8.